The number of benzene rings is 2. The summed E-state index contributed by atoms with van der Waals surface area (Å²) in [7, 11) is 0. The van der Waals surface area contributed by atoms with Crippen LogP contribution in [0.5, 0.6) is 0 Å². The van der Waals surface area contributed by atoms with Crippen LogP contribution in [-0.4, -0.2) is 17.6 Å². The van der Waals surface area contributed by atoms with Crippen LogP contribution in [0.1, 0.15) is 23.5 Å². The molecule has 3 rings (SSSR count). The maximum Gasteiger partial charge on any atom is 0.418 e. The van der Waals surface area contributed by atoms with Crippen molar-refractivity contribution in [3.05, 3.63) is 75.3 Å². The Labute approximate surface area is 185 Å². The first-order valence-electron chi connectivity index (χ1n) is 8.97. The summed E-state index contributed by atoms with van der Waals surface area (Å²) in [4.78, 5) is 24.4. The molecule has 1 aliphatic heterocycles. The third-order valence-corrected chi connectivity index (χ3v) is 5.75. The number of thioether (sulfide) groups is 1. The highest BCUT2D eigenvalue weighted by atomic mass is 35.5. The summed E-state index contributed by atoms with van der Waals surface area (Å²) < 4.78 is 39.3. The van der Waals surface area contributed by atoms with Gasteiger partial charge in [0.2, 0.25) is 11.8 Å². The van der Waals surface area contributed by atoms with Gasteiger partial charge in [-0.15, -0.1) is 0 Å². The number of para-hydroxylation sites is 1. The Kier molecular flexibility index (Phi) is 6.93. The fourth-order valence-corrected chi connectivity index (χ4v) is 4.08. The van der Waals surface area contributed by atoms with E-state index in [0.717, 1.165) is 29.5 Å². The normalized spacial score (nSPS) is 16.5. The monoisotopic (exact) mass is 465 g/mol. The van der Waals surface area contributed by atoms with Crippen molar-refractivity contribution in [2.75, 3.05) is 11.1 Å². The standard InChI is InChI=1S/C21H15ClF3N3O2S/c22-13-7-5-12(6-8-13)14-9-18(29)28-20(15(14)10-26)31-11-19(30)27-17-4-2-1-3-16(17)21(23,24)25/h1-8,14H,9,11H2,(H,27,30)(H,28,29)/t14-/m1/s1. The number of nitrogens with one attached hydrogen (secondary N) is 2. The number of carbonyl (C=O) groups is 2. The number of allylic oxidation sites excluding steroid dienone is 1. The number of alkyl halides is 3. The molecule has 0 fully saturated rings. The fraction of sp³-hybridized carbons (Fsp3) is 0.190. The minimum absolute atomic E-state index is 0.0553. The fourth-order valence-electron chi connectivity index (χ4n) is 3.08. The lowest BCUT2D eigenvalue weighted by Crippen LogP contribution is -2.31. The number of rotatable bonds is 5. The molecule has 0 bridgehead atoms. The number of amides is 2. The Balaban J connectivity index is 1.77. The van der Waals surface area contributed by atoms with E-state index < -0.39 is 23.6 Å². The van der Waals surface area contributed by atoms with E-state index in [2.05, 4.69) is 16.7 Å². The van der Waals surface area contributed by atoms with E-state index in [0.29, 0.717) is 5.02 Å². The van der Waals surface area contributed by atoms with Crippen molar-refractivity contribution in [1.82, 2.24) is 5.32 Å². The summed E-state index contributed by atoms with van der Waals surface area (Å²) in [6, 6.07) is 13.4. The number of hydrogen-bond acceptors (Lipinski definition) is 4. The van der Waals surface area contributed by atoms with E-state index in [-0.39, 0.29) is 34.4 Å². The van der Waals surface area contributed by atoms with Crippen LogP contribution >= 0.6 is 23.4 Å². The highest BCUT2D eigenvalue weighted by Gasteiger charge is 2.34. The summed E-state index contributed by atoms with van der Waals surface area (Å²) in [5, 5.41) is 15.2. The van der Waals surface area contributed by atoms with Crippen molar-refractivity contribution in [2.24, 2.45) is 0 Å². The number of carbonyl (C=O) groups excluding carboxylic acids is 2. The summed E-state index contributed by atoms with van der Waals surface area (Å²) in [6.45, 7) is 0. The zero-order valence-electron chi connectivity index (χ0n) is 15.8. The van der Waals surface area contributed by atoms with Gasteiger partial charge >= 0.3 is 6.18 Å². The zero-order chi connectivity index (χ0) is 22.6. The van der Waals surface area contributed by atoms with Crippen LogP contribution in [0.25, 0.3) is 0 Å². The molecule has 2 N–H and O–H groups in total. The third-order valence-electron chi connectivity index (χ3n) is 4.48. The van der Waals surface area contributed by atoms with Gasteiger partial charge in [-0.2, -0.15) is 18.4 Å². The molecule has 0 radical (unpaired) electrons. The average Bonchev–Trinajstić information content (AvgIpc) is 2.72. The molecule has 0 aromatic heterocycles. The summed E-state index contributed by atoms with van der Waals surface area (Å²) in [5.41, 5.74) is -0.325. The van der Waals surface area contributed by atoms with Gasteiger partial charge in [0.25, 0.3) is 0 Å². The Hall–Kier alpha value is -2.96. The molecule has 2 amide bonds. The van der Waals surface area contributed by atoms with Crippen LogP contribution in [0.15, 0.2) is 59.1 Å². The smallest absolute Gasteiger partial charge is 0.325 e. The largest absolute Gasteiger partial charge is 0.418 e. The molecule has 160 valence electrons. The molecular formula is C21H15ClF3N3O2S. The second-order valence-corrected chi connectivity index (χ2v) is 8.01. The first-order valence-corrected chi connectivity index (χ1v) is 10.3. The lowest BCUT2D eigenvalue weighted by atomic mass is 9.87. The molecule has 0 saturated heterocycles. The molecule has 5 nitrogen and oxygen atoms in total. The van der Waals surface area contributed by atoms with Crippen molar-refractivity contribution in [3.63, 3.8) is 0 Å². The molecular weight excluding hydrogens is 451 g/mol. The van der Waals surface area contributed by atoms with Crippen molar-refractivity contribution < 1.29 is 22.8 Å². The van der Waals surface area contributed by atoms with Gasteiger partial charge in [-0.05, 0) is 29.8 Å². The molecule has 1 heterocycles. The molecule has 1 atom stereocenters. The van der Waals surface area contributed by atoms with E-state index >= 15 is 0 Å². The molecule has 0 aliphatic carbocycles. The Bertz CT molecular complexity index is 1080. The molecule has 1 aliphatic rings. The Morgan fingerprint density at radius 2 is 1.90 bits per heavy atom. The van der Waals surface area contributed by atoms with Gasteiger partial charge in [-0.25, -0.2) is 0 Å². The Morgan fingerprint density at radius 1 is 1.23 bits per heavy atom. The van der Waals surface area contributed by atoms with E-state index in [1.54, 1.807) is 24.3 Å². The lowest BCUT2D eigenvalue weighted by Gasteiger charge is -2.25. The van der Waals surface area contributed by atoms with Crippen LogP contribution in [0.2, 0.25) is 5.02 Å². The molecule has 2 aromatic rings. The first kappa shape index (κ1) is 22.7. The SMILES string of the molecule is N#CC1=C(SCC(=O)Nc2ccccc2C(F)(F)F)NC(=O)C[C@@H]1c1ccc(Cl)cc1. The predicted octanol–water partition coefficient (Wildman–Crippen LogP) is 5.07. The summed E-state index contributed by atoms with van der Waals surface area (Å²) in [5.74, 6) is -1.83. The Morgan fingerprint density at radius 3 is 2.55 bits per heavy atom. The predicted molar refractivity (Wildman–Crippen MR) is 112 cm³/mol. The van der Waals surface area contributed by atoms with Gasteiger partial charge in [-0.1, -0.05) is 47.6 Å². The molecule has 10 heteroatoms. The highest BCUT2D eigenvalue weighted by Crippen LogP contribution is 2.37. The van der Waals surface area contributed by atoms with Crippen LogP contribution in [0.4, 0.5) is 18.9 Å². The van der Waals surface area contributed by atoms with Gasteiger partial charge in [0.05, 0.1) is 33.7 Å². The van der Waals surface area contributed by atoms with Crippen molar-refractivity contribution >= 4 is 40.9 Å². The minimum atomic E-state index is -4.61. The van der Waals surface area contributed by atoms with Gasteiger partial charge in [0.1, 0.15) is 0 Å². The first-order chi connectivity index (χ1) is 14.7. The van der Waals surface area contributed by atoms with E-state index in [1.165, 1.54) is 12.1 Å². The van der Waals surface area contributed by atoms with Crippen LogP contribution in [0, 0.1) is 11.3 Å². The number of nitriles is 1. The van der Waals surface area contributed by atoms with Crippen molar-refractivity contribution in [1.29, 1.82) is 5.26 Å². The summed E-state index contributed by atoms with van der Waals surface area (Å²) in [6.07, 6.45) is -4.56. The maximum absolute atomic E-state index is 13.1. The number of hydrogen-bond donors (Lipinski definition) is 2. The van der Waals surface area contributed by atoms with E-state index in [1.807, 2.05) is 0 Å². The molecule has 2 aromatic carbocycles. The molecule has 31 heavy (non-hydrogen) atoms. The molecule has 0 unspecified atom stereocenters. The lowest BCUT2D eigenvalue weighted by molar-refractivity contribution is -0.137. The van der Waals surface area contributed by atoms with E-state index in [4.69, 9.17) is 11.6 Å². The highest BCUT2D eigenvalue weighted by molar-refractivity contribution is 8.03. The second-order valence-electron chi connectivity index (χ2n) is 6.59. The quantitative estimate of drug-likeness (QED) is 0.646. The topological polar surface area (TPSA) is 82.0 Å². The number of nitrogens with zero attached hydrogens (tertiary/aromatic N) is 1. The van der Waals surface area contributed by atoms with Gasteiger partial charge in [0, 0.05) is 17.4 Å². The maximum atomic E-state index is 13.1. The molecule has 0 saturated carbocycles. The summed E-state index contributed by atoms with van der Waals surface area (Å²) >= 11 is 6.78. The van der Waals surface area contributed by atoms with Crippen LogP contribution in [0.3, 0.4) is 0 Å². The van der Waals surface area contributed by atoms with Gasteiger partial charge in [-0.3, -0.25) is 9.59 Å². The average molecular weight is 466 g/mol. The van der Waals surface area contributed by atoms with Gasteiger partial charge < -0.3 is 10.6 Å². The minimum Gasteiger partial charge on any atom is -0.325 e. The second kappa shape index (κ2) is 9.45. The van der Waals surface area contributed by atoms with Crippen LogP contribution < -0.4 is 10.6 Å². The third kappa shape index (κ3) is 5.60. The van der Waals surface area contributed by atoms with Crippen LogP contribution in [-0.2, 0) is 15.8 Å². The molecule has 0 spiro atoms. The van der Waals surface area contributed by atoms with Gasteiger partial charge in [0.15, 0.2) is 0 Å². The van der Waals surface area contributed by atoms with Crippen molar-refractivity contribution in [2.45, 2.75) is 18.5 Å². The van der Waals surface area contributed by atoms with E-state index in [9.17, 15) is 28.0 Å². The number of anilines is 1. The number of halogens is 4. The zero-order valence-corrected chi connectivity index (χ0v) is 17.4. The van der Waals surface area contributed by atoms with Crippen molar-refractivity contribution in [3.8, 4) is 6.07 Å².